The summed E-state index contributed by atoms with van der Waals surface area (Å²) >= 11 is 10.8. The Labute approximate surface area is 124 Å². The summed E-state index contributed by atoms with van der Waals surface area (Å²) in [5.41, 5.74) is 10.4. The van der Waals surface area contributed by atoms with Crippen LogP contribution in [0.3, 0.4) is 0 Å². The van der Waals surface area contributed by atoms with Crippen LogP contribution in [0.2, 0.25) is 24.7 Å². The first-order chi connectivity index (χ1) is 8.73. The van der Waals surface area contributed by atoms with Crippen LogP contribution in [0.1, 0.15) is 11.1 Å². The second kappa shape index (κ2) is 6.07. The second-order valence-electron chi connectivity index (χ2n) is 4.98. The molecule has 1 aromatic carbocycles. The van der Waals surface area contributed by atoms with Crippen LogP contribution in [0.15, 0.2) is 12.1 Å². The van der Waals surface area contributed by atoms with Crippen molar-refractivity contribution in [1.29, 1.82) is 5.26 Å². The number of benzene rings is 1. The third kappa shape index (κ3) is 4.92. The molecule has 1 aromatic rings. The number of nitrogens with zero attached hydrogens (tertiary/aromatic N) is 1. The Hall–Kier alpha value is -1.53. The van der Waals surface area contributed by atoms with Gasteiger partial charge in [-0.3, -0.25) is 0 Å². The molecule has 1 rings (SSSR count). The highest BCUT2D eigenvalue weighted by Crippen LogP contribution is 2.24. The standard InChI is InChI=1S/C13H14ClN3SSi/c1-19(2,3)5-4-9-6-10(8-15)11(14)7-12(9)17-13(16)18/h6-7H,1-3H3,(H3,16,17,18). The maximum atomic E-state index is 9.00. The third-order valence-corrected chi connectivity index (χ3v) is 3.35. The highest BCUT2D eigenvalue weighted by Gasteiger charge is 2.10. The summed E-state index contributed by atoms with van der Waals surface area (Å²) < 4.78 is 0. The van der Waals surface area contributed by atoms with E-state index in [1.165, 1.54) is 0 Å². The number of nitrogens with two attached hydrogens (primary N) is 1. The first kappa shape index (κ1) is 15.5. The number of hydrogen-bond acceptors (Lipinski definition) is 2. The Morgan fingerprint density at radius 1 is 1.37 bits per heavy atom. The van der Waals surface area contributed by atoms with Crippen molar-refractivity contribution in [3.63, 3.8) is 0 Å². The molecule has 0 aliphatic heterocycles. The van der Waals surface area contributed by atoms with Gasteiger partial charge < -0.3 is 11.1 Å². The van der Waals surface area contributed by atoms with Gasteiger partial charge in [0.2, 0.25) is 0 Å². The number of rotatable bonds is 1. The zero-order valence-corrected chi connectivity index (χ0v) is 13.5. The highest BCUT2D eigenvalue weighted by atomic mass is 35.5. The van der Waals surface area contributed by atoms with Gasteiger partial charge in [-0.05, 0) is 24.4 Å². The molecule has 98 valence electrons. The summed E-state index contributed by atoms with van der Waals surface area (Å²) in [4.78, 5) is 0. The van der Waals surface area contributed by atoms with E-state index < -0.39 is 8.07 Å². The van der Waals surface area contributed by atoms with E-state index in [2.05, 4.69) is 36.4 Å². The molecule has 0 saturated carbocycles. The van der Waals surface area contributed by atoms with E-state index >= 15 is 0 Å². The van der Waals surface area contributed by atoms with Gasteiger partial charge in [-0.25, -0.2) is 0 Å². The lowest BCUT2D eigenvalue weighted by molar-refractivity contribution is 1.47. The molecule has 0 saturated heterocycles. The van der Waals surface area contributed by atoms with E-state index in [1.54, 1.807) is 12.1 Å². The van der Waals surface area contributed by atoms with Gasteiger partial charge in [-0.15, -0.1) is 5.54 Å². The summed E-state index contributed by atoms with van der Waals surface area (Å²) in [6.07, 6.45) is 0. The molecule has 0 spiro atoms. The van der Waals surface area contributed by atoms with E-state index in [4.69, 9.17) is 34.8 Å². The summed E-state index contributed by atoms with van der Waals surface area (Å²) in [6.45, 7) is 6.42. The fourth-order valence-electron chi connectivity index (χ4n) is 1.25. The van der Waals surface area contributed by atoms with Crippen molar-refractivity contribution in [1.82, 2.24) is 0 Å². The number of hydrogen-bond donors (Lipinski definition) is 2. The molecule has 0 aromatic heterocycles. The molecular formula is C13H14ClN3SSi. The molecule has 0 fully saturated rings. The van der Waals surface area contributed by atoms with Crippen LogP contribution in [0.5, 0.6) is 0 Å². The molecule has 19 heavy (non-hydrogen) atoms. The Bertz CT molecular complexity index is 618. The molecule has 0 aliphatic carbocycles. The Morgan fingerprint density at radius 2 is 2.00 bits per heavy atom. The molecule has 0 amide bonds. The molecule has 0 radical (unpaired) electrons. The van der Waals surface area contributed by atoms with Crippen LogP contribution in [0.25, 0.3) is 0 Å². The minimum absolute atomic E-state index is 0.136. The first-order valence-corrected chi connectivity index (χ1v) is 9.85. The van der Waals surface area contributed by atoms with Gasteiger partial charge in [0.25, 0.3) is 0 Å². The van der Waals surface area contributed by atoms with Crippen molar-refractivity contribution in [3.8, 4) is 17.5 Å². The molecular weight excluding hydrogens is 294 g/mol. The topological polar surface area (TPSA) is 61.8 Å². The summed E-state index contributed by atoms with van der Waals surface area (Å²) in [6, 6.07) is 5.30. The average Bonchev–Trinajstić information content (AvgIpc) is 2.26. The van der Waals surface area contributed by atoms with Crippen molar-refractivity contribution < 1.29 is 0 Å². The number of nitriles is 1. The summed E-state index contributed by atoms with van der Waals surface area (Å²) in [5, 5.41) is 12.3. The molecule has 0 bridgehead atoms. The largest absolute Gasteiger partial charge is 0.376 e. The van der Waals surface area contributed by atoms with Crippen molar-refractivity contribution in [2.45, 2.75) is 19.6 Å². The van der Waals surface area contributed by atoms with E-state index in [0.717, 1.165) is 0 Å². The highest BCUT2D eigenvalue weighted by molar-refractivity contribution is 7.80. The van der Waals surface area contributed by atoms with Gasteiger partial charge in [0.1, 0.15) is 14.1 Å². The van der Waals surface area contributed by atoms with Crippen LogP contribution < -0.4 is 11.1 Å². The number of thiocarbonyl (C=S) groups is 1. The van der Waals surface area contributed by atoms with Crippen LogP contribution >= 0.6 is 23.8 Å². The monoisotopic (exact) mass is 307 g/mol. The molecule has 0 heterocycles. The quantitative estimate of drug-likeness (QED) is 0.475. The zero-order chi connectivity index (χ0) is 14.6. The fraction of sp³-hybridized carbons (Fsp3) is 0.231. The molecule has 3 nitrogen and oxygen atoms in total. The van der Waals surface area contributed by atoms with E-state index in [0.29, 0.717) is 21.8 Å². The number of halogens is 1. The maximum absolute atomic E-state index is 9.00. The van der Waals surface area contributed by atoms with E-state index in [-0.39, 0.29) is 5.11 Å². The van der Waals surface area contributed by atoms with Crippen LogP contribution in [-0.4, -0.2) is 13.2 Å². The SMILES string of the molecule is C[Si](C)(C)C#Cc1cc(C#N)c(Cl)cc1NC(N)=S. The van der Waals surface area contributed by atoms with E-state index in [9.17, 15) is 0 Å². The van der Waals surface area contributed by atoms with Gasteiger partial charge in [-0.1, -0.05) is 37.2 Å². The lowest BCUT2D eigenvalue weighted by Crippen LogP contribution is -2.20. The lowest BCUT2D eigenvalue weighted by atomic mass is 10.1. The summed E-state index contributed by atoms with van der Waals surface area (Å²) in [7, 11) is -1.51. The van der Waals surface area contributed by atoms with Gasteiger partial charge in [0.05, 0.1) is 16.3 Å². The summed E-state index contributed by atoms with van der Waals surface area (Å²) in [5.74, 6) is 3.08. The van der Waals surface area contributed by atoms with Crippen LogP contribution in [0.4, 0.5) is 5.69 Å². The average molecular weight is 308 g/mol. The minimum atomic E-state index is -1.51. The number of nitrogens with one attached hydrogen (secondary N) is 1. The number of anilines is 1. The molecule has 0 unspecified atom stereocenters. The predicted octanol–water partition coefficient (Wildman–Crippen LogP) is 3.10. The third-order valence-electron chi connectivity index (χ3n) is 2.06. The maximum Gasteiger partial charge on any atom is 0.168 e. The fourth-order valence-corrected chi connectivity index (χ4v) is 2.08. The van der Waals surface area contributed by atoms with Crippen molar-refractivity contribution in [2.24, 2.45) is 5.73 Å². The molecule has 0 atom stereocenters. The lowest BCUT2D eigenvalue weighted by Gasteiger charge is -2.09. The Morgan fingerprint density at radius 3 is 2.47 bits per heavy atom. The Balaban J connectivity index is 3.36. The second-order valence-corrected chi connectivity index (χ2v) is 10.6. The predicted molar refractivity (Wildman–Crippen MR) is 86.8 cm³/mol. The minimum Gasteiger partial charge on any atom is -0.376 e. The van der Waals surface area contributed by atoms with Crippen molar-refractivity contribution in [2.75, 3.05) is 5.32 Å². The Kier molecular flexibility index (Phi) is 4.96. The molecule has 3 N–H and O–H groups in total. The molecule has 6 heteroatoms. The zero-order valence-electron chi connectivity index (χ0n) is 11.0. The van der Waals surface area contributed by atoms with Gasteiger partial charge in [0.15, 0.2) is 5.11 Å². The van der Waals surface area contributed by atoms with Crippen molar-refractivity contribution >= 4 is 42.7 Å². The first-order valence-electron chi connectivity index (χ1n) is 5.56. The van der Waals surface area contributed by atoms with Gasteiger partial charge in [-0.2, -0.15) is 5.26 Å². The van der Waals surface area contributed by atoms with Crippen LogP contribution in [-0.2, 0) is 0 Å². The van der Waals surface area contributed by atoms with E-state index in [1.807, 2.05) is 6.07 Å². The normalized spacial score (nSPS) is 10.1. The van der Waals surface area contributed by atoms with Gasteiger partial charge >= 0.3 is 0 Å². The van der Waals surface area contributed by atoms with Crippen molar-refractivity contribution in [3.05, 3.63) is 28.3 Å². The van der Waals surface area contributed by atoms with Gasteiger partial charge in [0, 0.05) is 5.56 Å². The molecule has 0 aliphatic rings. The van der Waals surface area contributed by atoms with Crippen LogP contribution in [0, 0.1) is 22.8 Å². The smallest absolute Gasteiger partial charge is 0.168 e.